The lowest BCUT2D eigenvalue weighted by atomic mass is 10.1. The van der Waals surface area contributed by atoms with E-state index in [1.165, 1.54) is 22.5 Å². The number of aryl methyl sites for hydroxylation is 1. The summed E-state index contributed by atoms with van der Waals surface area (Å²) in [6.45, 7) is 7.42. The molecule has 5 rings (SSSR count). The van der Waals surface area contributed by atoms with Crippen LogP contribution in [0.1, 0.15) is 33.8 Å². The quantitative estimate of drug-likeness (QED) is 0.530. The van der Waals surface area contributed by atoms with Crippen molar-refractivity contribution in [3.8, 4) is 11.5 Å². The van der Waals surface area contributed by atoms with Crippen LogP contribution in [0.5, 0.6) is 0 Å². The second-order valence-corrected chi connectivity index (χ2v) is 8.36. The molecule has 7 nitrogen and oxygen atoms in total. The van der Waals surface area contributed by atoms with Gasteiger partial charge in [0.1, 0.15) is 5.69 Å². The van der Waals surface area contributed by atoms with Gasteiger partial charge >= 0.3 is 0 Å². The van der Waals surface area contributed by atoms with Crippen LogP contribution >= 0.6 is 0 Å². The molecule has 0 spiro atoms. The Balaban J connectivity index is 1.35. The highest BCUT2D eigenvalue weighted by Crippen LogP contribution is 2.22. The summed E-state index contributed by atoms with van der Waals surface area (Å²) in [5.74, 6) is 0.543. The van der Waals surface area contributed by atoms with Gasteiger partial charge in [-0.2, -0.15) is 0 Å². The van der Waals surface area contributed by atoms with Crippen molar-refractivity contribution in [3.05, 3.63) is 99.1 Å². The predicted molar refractivity (Wildman–Crippen MR) is 123 cm³/mol. The van der Waals surface area contributed by atoms with E-state index in [4.69, 9.17) is 4.98 Å². The number of nitrogens with zero attached hydrogens (tertiary/aromatic N) is 5. The minimum atomic E-state index is -0.0672. The summed E-state index contributed by atoms with van der Waals surface area (Å²) in [6, 6.07) is 11.9. The lowest BCUT2D eigenvalue weighted by molar-refractivity contribution is 0.241. The van der Waals surface area contributed by atoms with Gasteiger partial charge in [-0.15, -0.1) is 0 Å². The topological polar surface area (TPSA) is 79.7 Å². The number of aromatic nitrogens is 5. The van der Waals surface area contributed by atoms with E-state index in [0.29, 0.717) is 18.1 Å². The Kier molecular flexibility index (Phi) is 5.41. The molecular formula is C25H26N6O. The van der Waals surface area contributed by atoms with Crippen LogP contribution in [-0.4, -0.2) is 35.9 Å². The molecule has 0 amide bonds. The number of pyridine rings is 2. The van der Waals surface area contributed by atoms with Gasteiger partial charge in [0.2, 0.25) is 0 Å². The lowest BCUT2D eigenvalue weighted by Crippen LogP contribution is -2.35. The molecule has 0 aromatic carbocycles. The van der Waals surface area contributed by atoms with Crippen LogP contribution in [-0.2, 0) is 26.1 Å². The van der Waals surface area contributed by atoms with Gasteiger partial charge in [-0.05, 0) is 49.2 Å². The Hall–Kier alpha value is -3.58. The first-order valence-electron chi connectivity index (χ1n) is 10.9. The van der Waals surface area contributed by atoms with Crippen LogP contribution in [0.3, 0.4) is 0 Å². The molecule has 0 unspecified atom stereocenters. The number of H-pyrrole nitrogens is 1. The van der Waals surface area contributed by atoms with E-state index < -0.39 is 0 Å². The minimum Gasteiger partial charge on any atom is -0.344 e. The van der Waals surface area contributed by atoms with Gasteiger partial charge in [-0.1, -0.05) is 12.1 Å². The third-order valence-corrected chi connectivity index (χ3v) is 6.19. The van der Waals surface area contributed by atoms with E-state index >= 15 is 0 Å². The smallest absolute Gasteiger partial charge is 0.255 e. The fraction of sp³-hybridized carbons (Fsp3) is 0.280. The van der Waals surface area contributed by atoms with Crippen molar-refractivity contribution >= 4 is 0 Å². The van der Waals surface area contributed by atoms with Crippen LogP contribution in [0.15, 0.2) is 59.8 Å². The van der Waals surface area contributed by atoms with Crippen LogP contribution in [0.2, 0.25) is 0 Å². The molecular weight excluding hydrogens is 400 g/mol. The highest BCUT2D eigenvalue weighted by Gasteiger charge is 2.23. The van der Waals surface area contributed by atoms with Crippen LogP contribution in [0.25, 0.3) is 11.5 Å². The summed E-state index contributed by atoms with van der Waals surface area (Å²) >= 11 is 0. The van der Waals surface area contributed by atoms with Gasteiger partial charge in [-0.25, -0.2) is 4.98 Å². The molecule has 0 bridgehead atoms. The van der Waals surface area contributed by atoms with Crippen LogP contribution in [0.4, 0.5) is 0 Å². The Labute approximate surface area is 186 Å². The predicted octanol–water partition coefficient (Wildman–Crippen LogP) is 3.25. The molecule has 0 saturated heterocycles. The largest absolute Gasteiger partial charge is 0.344 e. The Morgan fingerprint density at radius 3 is 2.78 bits per heavy atom. The summed E-state index contributed by atoms with van der Waals surface area (Å²) in [5, 5.41) is 0. The molecule has 0 atom stereocenters. The molecule has 7 heteroatoms. The summed E-state index contributed by atoms with van der Waals surface area (Å²) in [5.41, 5.74) is 7.25. The minimum absolute atomic E-state index is 0.0672. The molecule has 0 aliphatic carbocycles. The van der Waals surface area contributed by atoms with Crippen molar-refractivity contribution in [2.24, 2.45) is 0 Å². The summed E-state index contributed by atoms with van der Waals surface area (Å²) in [7, 11) is 0. The normalized spacial score (nSPS) is 13.8. The zero-order chi connectivity index (χ0) is 22.1. The third kappa shape index (κ3) is 3.99. The molecule has 1 aliphatic heterocycles. The van der Waals surface area contributed by atoms with E-state index in [1.807, 2.05) is 30.5 Å². The molecule has 32 heavy (non-hydrogen) atoms. The van der Waals surface area contributed by atoms with Crippen molar-refractivity contribution in [2.45, 2.75) is 39.9 Å². The van der Waals surface area contributed by atoms with Gasteiger partial charge in [-0.3, -0.25) is 19.7 Å². The van der Waals surface area contributed by atoms with Gasteiger partial charge in [0.15, 0.2) is 5.82 Å². The van der Waals surface area contributed by atoms with Crippen molar-refractivity contribution in [1.29, 1.82) is 0 Å². The highest BCUT2D eigenvalue weighted by atomic mass is 16.1. The fourth-order valence-corrected chi connectivity index (χ4v) is 4.43. The SMILES string of the molecule is Cc1cc(CN2CCc3nc(-c4ccccn4)[nH]c(=O)c3C2)c(C)n1Cc1cccnc1. The molecule has 0 fully saturated rings. The highest BCUT2D eigenvalue weighted by molar-refractivity contribution is 5.49. The van der Waals surface area contributed by atoms with Crippen LogP contribution in [0, 0.1) is 13.8 Å². The number of fused-ring (bicyclic) bond motifs is 1. The Morgan fingerprint density at radius 1 is 1.09 bits per heavy atom. The van der Waals surface area contributed by atoms with Gasteiger partial charge in [0.05, 0.1) is 11.3 Å². The van der Waals surface area contributed by atoms with Crippen molar-refractivity contribution in [2.75, 3.05) is 6.54 Å². The monoisotopic (exact) mass is 426 g/mol. The second kappa shape index (κ2) is 8.51. The molecule has 4 aromatic heterocycles. The Bertz CT molecular complexity index is 1290. The van der Waals surface area contributed by atoms with Gasteiger partial charge < -0.3 is 9.55 Å². The maximum Gasteiger partial charge on any atom is 0.255 e. The van der Waals surface area contributed by atoms with E-state index in [0.717, 1.165) is 37.3 Å². The number of hydrogen-bond acceptors (Lipinski definition) is 5. The molecule has 4 aromatic rings. The number of rotatable bonds is 5. The van der Waals surface area contributed by atoms with E-state index in [9.17, 15) is 4.79 Å². The number of hydrogen-bond donors (Lipinski definition) is 1. The molecule has 5 heterocycles. The summed E-state index contributed by atoms with van der Waals surface area (Å²) in [4.78, 5) is 31.3. The maximum atomic E-state index is 12.8. The first-order valence-corrected chi connectivity index (χ1v) is 10.9. The van der Waals surface area contributed by atoms with Crippen LogP contribution < -0.4 is 5.56 Å². The van der Waals surface area contributed by atoms with E-state index in [-0.39, 0.29) is 5.56 Å². The Morgan fingerprint density at radius 2 is 2.00 bits per heavy atom. The molecule has 162 valence electrons. The average Bonchev–Trinajstić information content (AvgIpc) is 3.08. The average molecular weight is 427 g/mol. The third-order valence-electron chi connectivity index (χ3n) is 6.19. The first kappa shape index (κ1) is 20.3. The lowest BCUT2D eigenvalue weighted by Gasteiger charge is -2.27. The number of aromatic amines is 1. The molecule has 1 aliphatic rings. The zero-order valence-electron chi connectivity index (χ0n) is 18.4. The van der Waals surface area contributed by atoms with Gasteiger partial charge in [0.25, 0.3) is 5.56 Å². The van der Waals surface area contributed by atoms with E-state index in [1.54, 1.807) is 12.4 Å². The molecule has 0 saturated carbocycles. The van der Waals surface area contributed by atoms with E-state index in [2.05, 4.69) is 50.4 Å². The van der Waals surface area contributed by atoms with Crippen molar-refractivity contribution in [3.63, 3.8) is 0 Å². The second-order valence-electron chi connectivity index (χ2n) is 8.36. The zero-order valence-corrected chi connectivity index (χ0v) is 18.4. The summed E-state index contributed by atoms with van der Waals surface area (Å²) < 4.78 is 2.33. The van der Waals surface area contributed by atoms with Gasteiger partial charge in [0, 0.05) is 62.6 Å². The maximum absolute atomic E-state index is 12.8. The fourth-order valence-electron chi connectivity index (χ4n) is 4.43. The summed E-state index contributed by atoms with van der Waals surface area (Å²) in [6.07, 6.45) is 6.18. The standard InChI is InChI=1S/C25H26N6O/c1-17-12-20(18(2)31(17)14-19-6-5-9-26-13-19)15-30-11-8-22-21(16-30)25(32)29-24(28-22)23-7-3-4-10-27-23/h3-7,9-10,12-13H,8,11,14-16H2,1-2H3,(H,28,29,32). The van der Waals surface area contributed by atoms with Crippen molar-refractivity contribution < 1.29 is 0 Å². The first-order chi connectivity index (χ1) is 15.6. The van der Waals surface area contributed by atoms with Crippen molar-refractivity contribution in [1.82, 2.24) is 29.4 Å². The molecule has 0 radical (unpaired) electrons. The molecule has 1 N–H and O–H groups in total. The number of nitrogens with one attached hydrogen (secondary N) is 1.